The van der Waals surface area contributed by atoms with Crippen molar-refractivity contribution in [1.82, 2.24) is 15.1 Å². The molecule has 0 fully saturated rings. The van der Waals surface area contributed by atoms with Crippen molar-refractivity contribution in [2.75, 3.05) is 13.1 Å². The minimum absolute atomic E-state index is 0.307. The van der Waals surface area contributed by atoms with Crippen LogP contribution in [0.25, 0.3) is 0 Å². The van der Waals surface area contributed by atoms with Gasteiger partial charge >= 0.3 is 0 Å². The molecule has 0 saturated carbocycles. The average Bonchev–Trinajstić information content (AvgIpc) is 2.60. The summed E-state index contributed by atoms with van der Waals surface area (Å²) < 4.78 is 1.89. The van der Waals surface area contributed by atoms with E-state index in [2.05, 4.69) is 51.1 Å². The van der Waals surface area contributed by atoms with E-state index in [9.17, 15) is 0 Å². The minimum Gasteiger partial charge on any atom is -0.316 e. The molecular weight excluding hydrogens is 222 g/mol. The molecule has 0 aliphatic rings. The molecule has 18 heavy (non-hydrogen) atoms. The molecule has 104 valence electrons. The van der Waals surface area contributed by atoms with Gasteiger partial charge in [0.2, 0.25) is 0 Å². The first-order valence-electron chi connectivity index (χ1n) is 6.98. The Morgan fingerprint density at radius 1 is 1.28 bits per heavy atom. The number of hydrogen-bond acceptors (Lipinski definition) is 2. The Kier molecular flexibility index (Phi) is 5.39. The highest BCUT2D eigenvalue weighted by Crippen LogP contribution is 2.28. The molecular formula is C15H29N3. The Bertz CT molecular complexity index is 347. The van der Waals surface area contributed by atoms with E-state index in [-0.39, 0.29) is 0 Å². The van der Waals surface area contributed by atoms with E-state index in [0.29, 0.717) is 17.3 Å². The lowest BCUT2D eigenvalue weighted by atomic mass is 9.78. The predicted octanol–water partition coefficient (Wildman–Crippen LogP) is 2.87. The van der Waals surface area contributed by atoms with Crippen LogP contribution in [0.1, 0.15) is 40.3 Å². The molecule has 0 amide bonds. The molecule has 1 aromatic rings. The summed E-state index contributed by atoms with van der Waals surface area (Å²) in [6, 6.07) is 2.13. The minimum atomic E-state index is 0.307. The zero-order valence-electron chi connectivity index (χ0n) is 12.8. The quantitative estimate of drug-likeness (QED) is 0.842. The lowest BCUT2D eigenvalue weighted by Crippen LogP contribution is -2.35. The molecule has 0 spiro atoms. The first-order valence-corrected chi connectivity index (χ1v) is 6.98. The van der Waals surface area contributed by atoms with Gasteiger partial charge in [0.25, 0.3) is 0 Å². The van der Waals surface area contributed by atoms with Crippen LogP contribution in [0.3, 0.4) is 0 Å². The highest BCUT2D eigenvalue weighted by atomic mass is 15.2. The van der Waals surface area contributed by atoms with E-state index in [1.807, 2.05) is 17.9 Å². The molecule has 0 aromatic carbocycles. The second kappa shape index (κ2) is 6.37. The first kappa shape index (κ1) is 15.2. The van der Waals surface area contributed by atoms with E-state index in [1.54, 1.807) is 0 Å². The second-order valence-electron chi connectivity index (χ2n) is 6.80. The van der Waals surface area contributed by atoms with E-state index < -0.39 is 0 Å². The van der Waals surface area contributed by atoms with Gasteiger partial charge in [0, 0.05) is 13.2 Å². The topological polar surface area (TPSA) is 29.9 Å². The van der Waals surface area contributed by atoms with Crippen molar-refractivity contribution < 1.29 is 0 Å². The summed E-state index contributed by atoms with van der Waals surface area (Å²) in [5, 5.41) is 8.08. The summed E-state index contributed by atoms with van der Waals surface area (Å²) in [6.45, 7) is 13.6. The van der Waals surface area contributed by atoms with Gasteiger partial charge in [0.1, 0.15) is 0 Å². The maximum atomic E-state index is 4.50. The van der Waals surface area contributed by atoms with E-state index >= 15 is 0 Å². The molecule has 0 aliphatic carbocycles. The maximum absolute atomic E-state index is 4.50. The van der Waals surface area contributed by atoms with Gasteiger partial charge < -0.3 is 5.32 Å². The third-order valence-corrected chi connectivity index (χ3v) is 3.39. The zero-order chi connectivity index (χ0) is 13.8. The van der Waals surface area contributed by atoms with Crippen molar-refractivity contribution in [3.63, 3.8) is 0 Å². The van der Waals surface area contributed by atoms with Crippen molar-refractivity contribution in [3.8, 4) is 0 Å². The van der Waals surface area contributed by atoms with E-state index in [0.717, 1.165) is 19.5 Å². The molecule has 1 N–H and O–H groups in total. The zero-order valence-corrected chi connectivity index (χ0v) is 12.8. The van der Waals surface area contributed by atoms with Crippen molar-refractivity contribution in [1.29, 1.82) is 0 Å². The van der Waals surface area contributed by atoms with Gasteiger partial charge in [-0.1, -0.05) is 34.6 Å². The van der Waals surface area contributed by atoms with Gasteiger partial charge in [0.15, 0.2) is 0 Å². The number of aromatic nitrogens is 2. The average molecular weight is 251 g/mol. The van der Waals surface area contributed by atoms with Crippen LogP contribution in [0.5, 0.6) is 0 Å². The lowest BCUT2D eigenvalue weighted by Gasteiger charge is -2.31. The predicted molar refractivity (Wildman–Crippen MR) is 77.6 cm³/mol. The fraction of sp³-hybridized carbons (Fsp3) is 0.800. The fourth-order valence-electron chi connectivity index (χ4n) is 2.06. The van der Waals surface area contributed by atoms with Gasteiger partial charge in [-0.15, -0.1) is 0 Å². The van der Waals surface area contributed by atoms with Gasteiger partial charge in [-0.05, 0) is 42.8 Å². The molecule has 3 heteroatoms. The van der Waals surface area contributed by atoms with Crippen molar-refractivity contribution in [2.24, 2.45) is 24.3 Å². The Morgan fingerprint density at radius 2 is 1.94 bits per heavy atom. The molecule has 0 bridgehead atoms. The molecule has 1 heterocycles. The highest BCUT2D eigenvalue weighted by molar-refractivity contribution is 5.01. The molecule has 1 aromatic heterocycles. The van der Waals surface area contributed by atoms with Crippen LogP contribution in [0, 0.1) is 17.3 Å². The standard InChI is InChI=1S/C15H29N3/c1-12(2)10-16-11-13(15(3,4)5)9-14-7-8-18(6)17-14/h7-8,12-13,16H,9-11H2,1-6H3. The number of hydrogen-bond donors (Lipinski definition) is 1. The molecule has 1 rings (SSSR count). The molecule has 1 unspecified atom stereocenters. The monoisotopic (exact) mass is 251 g/mol. The Balaban J connectivity index is 2.56. The first-order chi connectivity index (χ1) is 8.29. The van der Waals surface area contributed by atoms with Crippen molar-refractivity contribution in [2.45, 2.75) is 41.0 Å². The van der Waals surface area contributed by atoms with Gasteiger partial charge in [-0.2, -0.15) is 5.10 Å². The number of nitrogens with zero attached hydrogens (tertiary/aromatic N) is 2. The van der Waals surface area contributed by atoms with Crippen LogP contribution in [-0.2, 0) is 13.5 Å². The second-order valence-corrected chi connectivity index (χ2v) is 6.80. The largest absolute Gasteiger partial charge is 0.316 e. The SMILES string of the molecule is CC(C)CNCC(Cc1ccn(C)n1)C(C)(C)C. The normalized spacial score (nSPS) is 14.2. The van der Waals surface area contributed by atoms with Crippen LogP contribution >= 0.6 is 0 Å². The molecule has 0 radical (unpaired) electrons. The van der Waals surface area contributed by atoms with Crippen LogP contribution in [-0.4, -0.2) is 22.9 Å². The summed E-state index contributed by atoms with van der Waals surface area (Å²) in [5.41, 5.74) is 1.50. The number of rotatable bonds is 6. The number of nitrogens with one attached hydrogen (secondary N) is 1. The van der Waals surface area contributed by atoms with Gasteiger partial charge in [0.05, 0.1) is 5.69 Å². The Hall–Kier alpha value is -0.830. The van der Waals surface area contributed by atoms with E-state index in [1.165, 1.54) is 5.69 Å². The van der Waals surface area contributed by atoms with Crippen LogP contribution in [0.4, 0.5) is 0 Å². The highest BCUT2D eigenvalue weighted by Gasteiger charge is 2.25. The van der Waals surface area contributed by atoms with Crippen LogP contribution in [0.15, 0.2) is 12.3 Å². The van der Waals surface area contributed by atoms with Crippen molar-refractivity contribution >= 4 is 0 Å². The van der Waals surface area contributed by atoms with Gasteiger partial charge in [-0.25, -0.2) is 0 Å². The lowest BCUT2D eigenvalue weighted by molar-refractivity contribution is 0.227. The Morgan fingerprint density at radius 3 is 2.39 bits per heavy atom. The maximum Gasteiger partial charge on any atom is 0.0627 e. The summed E-state index contributed by atoms with van der Waals surface area (Å²) >= 11 is 0. The summed E-state index contributed by atoms with van der Waals surface area (Å²) in [5.74, 6) is 1.33. The fourth-order valence-corrected chi connectivity index (χ4v) is 2.06. The molecule has 0 aliphatic heterocycles. The molecule has 0 saturated heterocycles. The summed E-state index contributed by atoms with van der Waals surface area (Å²) in [4.78, 5) is 0. The Labute approximate surface area is 112 Å². The third-order valence-electron chi connectivity index (χ3n) is 3.39. The molecule has 3 nitrogen and oxygen atoms in total. The van der Waals surface area contributed by atoms with Crippen molar-refractivity contribution in [3.05, 3.63) is 18.0 Å². The smallest absolute Gasteiger partial charge is 0.0627 e. The van der Waals surface area contributed by atoms with E-state index in [4.69, 9.17) is 0 Å². The third kappa shape index (κ3) is 5.21. The number of aryl methyl sites for hydroxylation is 1. The summed E-state index contributed by atoms with van der Waals surface area (Å²) in [6.07, 6.45) is 3.08. The van der Waals surface area contributed by atoms with Crippen LogP contribution < -0.4 is 5.32 Å². The molecule has 1 atom stereocenters. The summed E-state index contributed by atoms with van der Waals surface area (Å²) in [7, 11) is 1.98. The van der Waals surface area contributed by atoms with Gasteiger partial charge in [-0.3, -0.25) is 4.68 Å². The van der Waals surface area contributed by atoms with Crippen LogP contribution in [0.2, 0.25) is 0 Å².